The summed E-state index contributed by atoms with van der Waals surface area (Å²) in [5.74, 6) is -1.45. The van der Waals surface area contributed by atoms with Crippen LogP contribution in [0.1, 0.15) is 65.4 Å². The molecule has 0 saturated heterocycles. The molecule has 2 saturated carbocycles. The molecule has 0 spiro atoms. The molecule has 2 aromatic rings. The lowest BCUT2D eigenvalue weighted by Crippen LogP contribution is -2.44. The first-order valence-electron chi connectivity index (χ1n) is 12.6. The number of carbonyl (C=O) groups excluding carboxylic acids is 1. The van der Waals surface area contributed by atoms with E-state index in [1.54, 1.807) is 28.9 Å². The van der Waals surface area contributed by atoms with Crippen LogP contribution in [0.4, 0.5) is 13.9 Å². The van der Waals surface area contributed by atoms with E-state index in [0.717, 1.165) is 65.5 Å². The Morgan fingerprint density at radius 2 is 2.09 bits per heavy atom. The van der Waals surface area contributed by atoms with Crippen molar-refractivity contribution in [3.05, 3.63) is 26.7 Å². The van der Waals surface area contributed by atoms with Gasteiger partial charge < -0.3 is 5.32 Å². The summed E-state index contributed by atoms with van der Waals surface area (Å²) in [4.78, 5) is 30.0. The highest BCUT2D eigenvalue weighted by atomic mass is 32.1. The molecule has 0 atom stereocenters. The molecule has 2 aromatic heterocycles. The lowest BCUT2D eigenvalue weighted by atomic mass is 9.81. The van der Waals surface area contributed by atoms with E-state index >= 15 is 0 Å². The van der Waals surface area contributed by atoms with E-state index in [9.17, 15) is 13.6 Å². The number of hydrogen-bond acceptors (Lipinski definition) is 7. The van der Waals surface area contributed by atoms with Gasteiger partial charge in [0, 0.05) is 54.1 Å². The van der Waals surface area contributed by atoms with Crippen LogP contribution in [0.5, 0.6) is 0 Å². The number of rotatable bonds is 8. The van der Waals surface area contributed by atoms with Crippen molar-refractivity contribution in [1.82, 2.24) is 14.9 Å². The van der Waals surface area contributed by atoms with Crippen molar-refractivity contribution < 1.29 is 13.6 Å². The average Bonchev–Trinajstić information content (AvgIpc) is 3.40. The van der Waals surface area contributed by atoms with Gasteiger partial charge in [0.25, 0.3) is 11.8 Å². The number of amides is 1. The van der Waals surface area contributed by atoms with E-state index in [1.807, 2.05) is 13.1 Å². The van der Waals surface area contributed by atoms with Crippen LogP contribution in [0, 0.1) is 18.8 Å². The average molecular weight is 522 g/mol. The fraction of sp³-hybridized carbons (Fsp3) is 0.680. The van der Waals surface area contributed by atoms with E-state index in [-0.39, 0.29) is 24.8 Å². The first-order chi connectivity index (χ1) is 16.8. The van der Waals surface area contributed by atoms with Gasteiger partial charge in [-0.15, -0.1) is 22.7 Å². The number of alkyl halides is 2. The largest absolute Gasteiger partial charge is 0.358 e. The second-order valence-corrected chi connectivity index (χ2v) is 12.7. The number of aliphatic imine (C=N–C) groups is 1. The van der Waals surface area contributed by atoms with Crippen LogP contribution in [-0.4, -0.2) is 52.0 Å². The molecule has 5 rings (SSSR count). The number of fused-ring (bicyclic) bond motifs is 1. The van der Waals surface area contributed by atoms with Crippen LogP contribution in [0.15, 0.2) is 11.2 Å². The molecule has 35 heavy (non-hydrogen) atoms. The number of hydrogen-bond donors (Lipinski definition) is 1. The molecule has 0 unspecified atom stereocenters. The number of halogens is 2. The Kier molecular flexibility index (Phi) is 7.60. The Morgan fingerprint density at radius 1 is 1.29 bits per heavy atom. The Morgan fingerprint density at radius 3 is 2.80 bits per heavy atom. The van der Waals surface area contributed by atoms with Gasteiger partial charge in [0.15, 0.2) is 5.13 Å². The number of anilines is 1. The zero-order valence-corrected chi connectivity index (χ0v) is 21.8. The van der Waals surface area contributed by atoms with Gasteiger partial charge in [-0.25, -0.2) is 23.7 Å². The van der Waals surface area contributed by atoms with Gasteiger partial charge in [-0.05, 0) is 63.8 Å². The van der Waals surface area contributed by atoms with Crippen LogP contribution < -0.4 is 5.32 Å². The Bertz CT molecular complexity index is 1050. The molecule has 1 N–H and O–H groups in total. The SMILES string of the molecule is Cc1ncc(CC(=O)N=CC2CCC(CCN3CCc4sc(NC5CC(F)(F)C5)nc4C3)CC2)s1. The van der Waals surface area contributed by atoms with Gasteiger partial charge in [-0.1, -0.05) is 0 Å². The maximum absolute atomic E-state index is 13.1. The van der Waals surface area contributed by atoms with Gasteiger partial charge in [0.1, 0.15) is 0 Å². The fourth-order valence-corrected chi connectivity index (χ4v) is 7.13. The van der Waals surface area contributed by atoms with E-state index in [0.29, 0.717) is 12.3 Å². The summed E-state index contributed by atoms with van der Waals surface area (Å²) >= 11 is 3.19. The summed E-state index contributed by atoms with van der Waals surface area (Å²) in [7, 11) is 0. The summed E-state index contributed by atoms with van der Waals surface area (Å²) in [5.41, 5.74) is 1.12. The van der Waals surface area contributed by atoms with Crippen LogP contribution >= 0.6 is 22.7 Å². The van der Waals surface area contributed by atoms with Crippen molar-refractivity contribution in [3.63, 3.8) is 0 Å². The lowest BCUT2D eigenvalue weighted by Gasteiger charge is -2.35. The Balaban J connectivity index is 1.00. The molecule has 190 valence electrons. The van der Waals surface area contributed by atoms with Crippen molar-refractivity contribution >= 4 is 39.9 Å². The predicted molar refractivity (Wildman–Crippen MR) is 137 cm³/mol. The van der Waals surface area contributed by atoms with Crippen LogP contribution in [0.25, 0.3) is 0 Å². The second-order valence-electron chi connectivity index (χ2n) is 10.3. The maximum atomic E-state index is 13.1. The molecular weight excluding hydrogens is 488 g/mol. The molecular formula is C25H33F2N5OS2. The van der Waals surface area contributed by atoms with Crippen molar-refractivity contribution in [1.29, 1.82) is 0 Å². The number of thiazole rings is 2. The molecule has 10 heteroatoms. The van der Waals surface area contributed by atoms with Gasteiger partial charge in [0.2, 0.25) is 0 Å². The van der Waals surface area contributed by atoms with E-state index in [1.165, 1.54) is 24.1 Å². The summed E-state index contributed by atoms with van der Waals surface area (Å²) < 4.78 is 26.2. The third-order valence-electron chi connectivity index (χ3n) is 7.39. The molecule has 0 radical (unpaired) electrons. The highest BCUT2D eigenvalue weighted by molar-refractivity contribution is 7.15. The minimum atomic E-state index is -2.50. The van der Waals surface area contributed by atoms with Gasteiger partial charge in [0.05, 0.1) is 17.1 Å². The van der Waals surface area contributed by atoms with Crippen molar-refractivity contribution in [2.75, 3.05) is 18.4 Å². The molecule has 3 heterocycles. The maximum Gasteiger partial charge on any atom is 0.252 e. The van der Waals surface area contributed by atoms with Gasteiger partial charge in [-0.3, -0.25) is 9.69 Å². The monoisotopic (exact) mass is 521 g/mol. The second kappa shape index (κ2) is 10.7. The molecule has 2 aliphatic carbocycles. The highest BCUT2D eigenvalue weighted by Crippen LogP contribution is 2.40. The summed E-state index contributed by atoms with van der Waals surface area (Å²) in [5, 5.41) is 4.98. The van der Waals surface area contributed by atoms with E-state index < -0.39 is 5.92 Å². The first-order valence-corrected chi connectivity index (χ1v) is 14.3. The molecule has 0 aromatic carbocycles. The summed E-state index contributed by atoms with van der Waals surface area (Å²) in [6.45, 7) is 4.92. The van der Waals surface area contributed by atoms with Crippen molar-refractivity contribution in [3.8, 4) is 0 Å². The standard InChI is InChI=1S/C25H33F2N5OS2/c1-16-28-14-20(34-16)10-23(33)29-13-18-4-2-17(3-5-18)6-8-32-9-7-22-21(15-32)31-24(35-22)30-19-11-25(26,27)12-19/h13-14,17-19H,2-12,15H2,1H3,(H,30,31). The zero-order chi connectivity index (χ0) is 24.4. The molecule has 2 fully saturated rings. The predicted octanol–water partition coefficient (Wildman–Crippen LogP) is 5.51. The third-order valence-corrected chi connectivity index (χ3v) is 9.39. The third kappa shape index (κ3) is 6.71. The normalized spacial score (nSPS) is 24.9. The minimum absolute atomic E-state index is 0.0775. The minimum Gasteiger partial charge on any atom is -0.358 e. The number of nitrogens with zero attached hydrogens (tertiary/aromatic N) is 4. The van der Waals surface area contributed by atoms with Crippen molar-refractivity contribution in [2.24, 2.45) is 16.8 Å². The van der Waals surface area contributed by atoms with Crippen LogP contribution in [0.2, 0.25) is 0 Å². The highest BCUT2D eigenvalue weighted by Gasteiger charge is 2.45. The Labute approximate surface area is 213 Å². The quantitative estimate of drug-likeness (QED) is 0.464. The first kappa shape index (κ1) is 24.9. The van der Waals surface area contributed by atoms with E-state index in [2.05, 4.69) is 20.2 Å². The summed E-state index contributed by atoms with van der Waals surface area (Å²) in [6.07, 6.45) is 10.6. The number of carbonyl (C=O) groups is 1. The molecule has 1 aliphatic heterocycles. The smallest absolute Gasteiger partial charge is 0.252 e. The van der Waals surface area contributed by atoms with Crippen LogP contribution in [0.3, 0.4) is 0 Å². The molecule has 3 aliphatic rings. The number of aromatic nitrogens is 2. The van der Waals surface area contributed by atoms with Crippen LogP contribution in [-0.2, 0) is 24.2 Å². The number of aryl methyl sites for hydroxylation is 1. The zero-order valence-electron chi connectivity index (χ0n) is 20.1. The topological polar surface area (TPSA) is 70.5 Å². The molecule has 0 bridgehead atoms. The number of nitrogens with one attached hydrogen (secondary N) is 1. The molecule has 1 amide bonds. The summed E-state index contributed by atoms with van der Waals surface area (Å²) in [6, 6.07) is -0.144. The lowest BCUT2D eigenvalue weighted by molar-refractivity contribution is -0.117. The van der Waals surface area contributed by atoms with Gasteiger partial charge >= 0.3 is 0 Å². The Hall–Kier alpha value is -1.78. The van der Waals surface area contributed by atoms with E-state index in [4.69, 9.17) is 4.98 Å². The molecule has 6 nitrogen and oxygen atoms in total. The van der Waals surface area contributed by atoms with Gasteiger partial charge in [-0.2, -0.15) is 0 Å². The fourth-order valence-electron chi connectivity index (χ4n) is 5.30. The van der Waals surface area contributed by atoms with Crippen molar-refractivity contribution in [2.45, 2.75) is 83.2 Å².